The Balaban J connectivity index is 2.09. The van der Waals surface area contributed by atoms with Crippen LogP contribution in [-0.2, 0) is 0 Å². The minimum absolute atomic E-state index is 0.146. The predicted octanol–water partition coefficient (Wildman–Crippen LogP) is 3.34. The Bertz CT molecular complexity index is 565. The number of hydrogen-bond donors (Lipinski definition) is 1. The molecule has 1 aliphatic carbocycles. The third-order valence-electron chi connectivity index (χ3n) is 3.97. The van der Waals surface area contributed by atoms with Crippen LogP contribution in [0.5, 0.6) is 0 Å². The number of nitrogens with zero attached hydrogens (tertiary/aromatic N) is 3. The summed E-state index contributed by atoms with van der Waals surface area (Å²) in [6.07, 6.45) is 8.21. The molecule has 0 atom stereocenters. The number of anilines is 1. The van der Waals surface area contributed by atoms with Crippen LogP contribution in [0.4, 0.5) is 11.5 Å². The minimum Gasteiger partial charge on any atom is -0.369 e. The summed E-state index contributed by atoms with van der Waals surface area (Å²) in [5.74, 6) is 0.524. The van der Waals surface area contributed by atoms with E-state index in [4.69, 9.17) is 5.26 Å². The SMILES string of the molecule is CSC1(CNc2ccc([N+](=O)[O-])c(C#N)n2)CCCCC1. The Morgan fingerprint density at radius 3 is 2.76 bits per heavy atom. The summed E-state index contributed by atoms with van der Waals surface area (Å²) < 4.78 is 0.203. The molecular weight excluding hydrogens is 288 g/mol. The molecule has 1 aromatic heterocycles. The largest absolute Gasteiger partial charge is 0.369 e. The zero-order valence-corrected chi connectivity index (χ0v) is 12.8. The van der Waals surface area contributed by atoms with Gasteiger partial charge in [-0.1, -0.05) is 19.3 Å². The van der Waals surface area contributed by atoms with E-state index in [1.165, 1.54) is 38.2 Å². The van der Waals surface area contributed by atoms with Crippen LogP contribution in [0.3, 0.4) is 0 Å². The molecule has 21 heavy (non-hydrogen) atoms. The summed E-state index contributed by atoms with van der Waals surface area (Å²) in [5, 5.41) is 23.0. The molecule has 0 saturated heterocycles. The highest BCUT2D eigenvalue weighted by molar-refractivity contribution is 8.00. The molecule has 0 aromatic carbocycles. The molecule has 2 rings (SSSR count). The van der Waals surface area contributed by atoms with E-state index in [2.05, 4.69) is 16.6 Å². The topological polar surface area (TPSA) is 91.9 Å². The number of nitrogens with one attached hydrogen (secondary N) is 1. The van der Waals surface area contributed by atoms with Crippen molar-refractivity contribution in [1.82, 2.24) is 4.98 Å². The normalized spacial score (nSPS) is 17.0. The number of pyridine rings is 1. The molecule has 1 fully saturated rings. The summed E-state index contributed by atoms with van der Waals surface area (Å²) in [4.78, 5) is 14.2. The van der Waals surface area contributed by atoms with Crippen LogP contribution in [0.1, 0.15) is 37.8 Å². The molecule has 0 spiro atoms. The van der Waals surface area contributed by atoms with Gasteiger partial charge < -0.3 is 5.32 Å². The smallest absolute Gasteiger partial charge is 0.305 e. The lowest BCUT2D eigenvalue weighted by molar-refractivity contribution is -0.385. The first kappa shape index (κ1) is 15.6. The predicted molar refractivity (Wildman–Crippen MR) is 83.4 cm³/mol. The lowest BCUT2D eigenvalue weighted by Crippen LogP contribution is -2.35. The second-order valence-corrected chi connectivity index (χ2v) is 6.51. The third-order valence-corrected chi connectivity index (χ3v) is 5.38. The number of nitriles is 1. The van der Waals surface area contributed by atoms with Gasteiger partial charge in [0.25, 0.3) is 0 Å². The third kappa shape index (κ3) is 3.64. The molecule has 1 heterocycles. The van der Waals surface area contributed by atoms with Crippen molar-refractivity contribution in [2.45, 2.75) is 36.9 Å². The summed E-state index contributed by atoms with van der Waals surface area (Å²) in [5.41, 5.74) is -0.396. The quantitative estimate of drug-likeness (QED) is 0.662. The van der Waals surface area contributed by atoms with E-state index in [0.29, 0.717) is 5.82 Å². The molecule has 0 unspecified atom stereocenters. The molecule has 0 bridgehead atoms. The summed E-state index contributed by atoms with van der Waals surface area (Å²) in [6, 6.07) is 4.68. The fraction of sp³-hybridized carbons (Fsp3) is 0.571. The van der Waals surface area contributed by atoms with E-state index in [0.717, 1.165) is 6.54 Å². The van der Waals surface area contributed by atoms with Gasteiger partial charge in [0.2, 0.25) is 5.69 Å². The molecule has 0 radical (unpaired) electrons. The van der Waals surface area contributed by atoms with E-state index in [9.17, 15) is 10.1 Å². The number of hydrogen-bond acceptors (Lipinski definition) is 6. The van der Waals surface area contributed by atoms with Gasteiger partial charge in [-0.3, -0.25) is 10.1 Å². The fourth-order valence-electron chi connectivity index (χ4n) is 2.68. The maximum atomic E-state index is 10.8. The molecule has 1 aromatic rings. The minimum atomic E-state index is -0.583. The molecule has 7 heteroatoms. The summed E-state index contributed by atoms with van der Waals surface area (Å²) in [6.45, 7) is 0.768. The number of aromatic nitrogens is 1. The molecule has 1 saturated carbocycles. The molecule has 112 valence electrons. The second kappa shape index (κ2) is 6.76. The van der Waals surface area contributed by atoms with E-state index < -0.39 is 4.92 Å². The first-order chi connectivity index (χ1) is 10.1. The zero-order valence-electron chi connectivity index (χ0n) is 12.0. The highest BCUT2D eigenvalue weighted by Crippen LogP contribution is 2.38. The zero-order chi connectivity index (χ0) is 15.3. The van der Waals surface area contributed by atoms with Crippen LogP contribution in [0, 0.1) is 21.4 Å². The van der Waals surface area contributed by atoms with Gasteiger partial charge in [-0.05, 0) is 25.2 Å². The molecule has 1 aliphatic rings. The number of rotatable bonds is 5. The number of thioether (sulfide) groups is 1. The van der Waals surface area contributed by atoms with Gasteiger partial charge in [-0.25, -0.2) is 4.98 Å². The standard InChI is InChI=1S/C14H18N4O2S/c1-21-14(7-3-2-4-8-14)10-16-13-6-5-12(18(19)20)11(9-15)17-13/h5-6H,2-4,7-8,10H2,1H3,(H,16,17). The Hall–Kier alpha value is -1.81. The number of nitro groups is 1. The van der Waals surface area contributed by atoms with Crippen molar-refractivity contribution in [3.8, 4) is 6.07 Å². The Morgan fingerprint density at radius 2 is 2.19 bits per heavy atom. The fourth-order valence-corrected chi connectivity index (χ4v) is 3.59. The van der Waals surface area contributed by atoms with Crippen LogP contribution < -0.4 is 5.32 Å². The first-order valence-corrected chi connectivity index (χ1v) is 8.17. The van der Waals surface area contributed by atoms with Crippen LogP contribution in [-0.4, -0.2) is 27.5 Å². The molecule has 0 amide bonds. The van der Waals surface area contributed by atoms with Crippen LogP contribution in [0.2, 0.25) is 0 Å². The van der Waals surface area contributed by atoms with E-state index in [1.54, 1.807) is 12.1 Å². The maximum absolute atomic E-state index is 10.8. The Morgan fingerprint density at radius 1 is 1.48 bits per heavy atom. The Kier molecular flexibility index (Phi) is 5.02. The van der Waals surface area contributed by atoms with Crippen LogP contribution >= 0.6 is 11.8 Å². The van der Waals surface area contributed by atoms with Crippen molar-refractivity contribution >= 4 is 23.3 Å². The van der Waals surface area contributed by atoms with Gasteiger partial charge in [0, 0.05) is 17.4 Å². The maximum Gasteiger partial charge on any atom is 0.305 e. The molecule has 6 nitrogen and oxygen atoms in total. The average molecular weight is 306 g/mol. The Labute approximate surface area is 128 Å². The van der Waals surface area contributed by atoms with Gasteiger partial charge in [-0.2, -0.15) is 17.0 Å². The van der Waals surface area contributed by atoms with Crippen LogP contribution in [0.25, 0.3) is 0 Å². The van der Waals surface area contributed by atoms with Gasteiger partial charge >= 0.3 is 5.69 Å². The van der Waals surface area contributed by atoms with Crippen LogP contribution in [0.15, 0.2) is 12.1 Å². The van der Waals surface area contributed by atoms with E-state index in [1.807, 2.05) is 11.8 Å². The van der Waals surface area contributed by atoms with Crippen molar-refractivity contribution in [3.63, 3.8) is 0 Å². The first-order valence-electron chi connectivity index (χ1n) is 6.95. The van der Waals surface area contributed by atoms with E-state index in [-0.39, 0.29) is 16.1 Å². The van der Waals surface area contributed by atoms with E-state index >= 15 is 0 Å². The lowest BCUT2D eigenvalue weighted by Gasteiger charge is -2.36. The van der Waals surface area contributed by atoms with Crippen molar-refractivity contribution in [1.29, 1.82) is 5.26 Å². The highest BCUT2D eigenvalue weighted by Gasteiger charge is 2.31. The van der Waals surface area contributed by atoms with Crippen molar-refractivity contribution in [3.05, 3.63) is 27.9 Å². The monoisotopic (exact) mass is 306 g/mol. The molecular formula is C14H18N4O2S. The van der Waals surface area contributed by atoms with Gasteiger partial charge in [0.15, 0.2) is 0 Å². The van der Waals surface area contributed by atoms with Gasteiger partial charge in [0.05, 0.1) is 4.92 Å². The van der Waals surface area contributed by atoms with Crippen molar-refractivity contribution in [2.24, 2.45) is 0 Å². The van der Waals surface area contributed by atoms with Gasteiger partial charge in [0.1, 0.15) is 11.9 Å². The second-order valence-electron chi connectivity index (χ2n) is 5.23. The lowest BCUT2D eigenvalue weighted by atomic mass is 9.88. The average Bonchev–Trinajstić information content (AvgIpc) is 2.53. The summed E-state index contributed by atoms with van der Waals surface area (Å²) >= 11 is 1.87. The van der Waals surface area contributed by atoms with Crippen molar-refractivity contribution < 1.29 is 4.92 Å². The summed E-state index contributed by atoms with van der Waals surface area (Å²) in [7, 11) is 0. The highest BCUT2D eigenvalue weighted by atomic mass is 32.2. The van der Waals surface area contributed by atoms with Crippen molar-refractivity contribution in [2.75, 3.05) is 18.1 Å². The molecule has 0 aliphatic heterocycles. The van der Waals surface area contributed by atoms with Gasteiger partial charge in [-0.15, -0.1) is 0 Å². The molecule has 1 N–H and O–H groups in total.